The summed E-state index contributed by atoms with van der Waals surface area (Å²) in [6, 6.07) is 4.76. The van der Waals surface area contributed by atoms with Crippen molar-refractivity contribution in [3.63, 3.8) is 0 Å². The van der Waals surface area contributed by atoms with Crippen LogP contribution in [0.25, 0.3) is 0 Å². The molecule has 1 aromatic carbocycles. The number of unbranched alkanes of at least 4 members (excludes halogenated alkanes) is 8. The summed E-state index contributed by atoms with van der Waals surface area (Å²) in [6.45, 7) is 2.21. The Bertz CT molecular complexity index is 503. The van der Waals surface area contributed by atoms with Gasteiger partial charge in [0.2, 0.25) is 0 Å². The van der Waals surface area contributed by atoms with Crippen LogP contribution in [0.3, 0.4) is 0 Å². The standard InChI is InChI=1S/C23H36O2/c1-2-3-4-5-6-7-8-9-10-11-12-13-14-15-16-17-21-20-22(24)18-19-23(21)25/h4-5,7-8,18-20,24-25H,2-3,6,9-17H2,1H3. The van der Waals surface area contributed by atoms with Gasteiger partial charge in [-0.1, -0.05) is 69.8 Å². The second-order valence-corrected chi connectivity index (χ2v) is 6.79. The Morgan fingerprint density at radius 1 is 0.760 bits per heavy atom. The van der Waals surface area contributed by atoms with Gasteiger partial charge in [-0.15, -0.1) is 0 Å². The molecule has 0 radical (unpaired) electrons. The molecule has 2 N–H and O–H groups in total. The van der Waals surface area contributed by atoms with Crippen LogP contribution in [0, 0.1) is 0 Å². The Kier molecular flexibility index (Phi) is 12.5. The summed E-state index contributed by atoms with van der Waals surface area (Å²) in [4.78, 5) is 0. The van der Waals surface area contributed by atoms with Crippen molar-refractivity contribution in [3.05, 3.63) is 48.1 Å². The lowest BCUT2D eigenvalue weighted by atomic mass is 10.0. The van der Waals surface area contributed by atoms with Crippen molar-refractivity contribution in [2.24, 2.45) is 0 Å². The van der Waals surface area contributed by atoms with Crippen LogP contribution in [0.2, 0.25) is 0 Å². The van der Waals surface area contributed by atoms with Gasteiger partial charge in [-0.25, -0.2) is 0 Å². The molecule has 0 aliphatic heterocycles. The molecule has 0 aliphatic rings. The van der Waals surface area contributed by atoms with E-state index < -0.39 is 0 Å². The summed E-state index contributed by atoms with van der Waals surface area (Å²) >= 11 is 0. The van der Waals surface area contributed by atoms with E-state index in [9.17, 15) is 10.2 Å². The van der Waals surface area contributed by atoms with E-state index in [1.807, 2.05) is 0 Å². The molecule has 0 saturated carbocycles. The molecule has 140 valence electrons. The molecule has 0 amide bonds. The lowest BCUT2D eigenvalue weighted by Gasteiger charge is -2.05. The molecule has 0 aliphatic carbocycles. The Hall–Kier alpha value is -1.70. The highest BCUT2D eigenvalue weighted by molar-refractivity contribution is 5.38. The zero-order chi connectivity index (χ0) is 18.2. The van der Waals surface area contributed by atoms with Crippen LogP contribution in [-0.4, -0.2) is 10.2 Å². The van der Waals surface area contributed by atoms with Gasteiger partial charge in [-0.05, 0) is 62.3 Å². The highest BCUT2D eigenvalue weighted by Gasteiger charge is 2.02. The van der Waals surface area contributed by atoms with Gasteiger partial charge in [0, 0.05) is 0 Å². The molecular formula is C23H36O2. The second kappa shape index (κ2) is 14.6. The van der Waals surface area contributed by atoms with E-state index >= 15 is 0 Å². The maximum absolute atomic E-state index is 9.73. The predicted octanol–water partition coefficient (Wildman–Crippen LogP) is 7.06. The maximum Gasteiger partial charge on any atom is 0.119 e. The molecule has 0 saturated heterocycles. The van der Waals surface area contributed by atoms with Crippen molar-refractivity contribution in [2.45, 2.75) is 84.0 Å². The summed E-state index contributed by atoms with van der Waals surface area (Å²) < 4.78 is 0. The number of rotatable bonds is 14. The molecule has 25 heavy (non-hydrogen) atoms. The van der Waals surface area contributed by atoms with Gasteiger partial charge in [-0.3, -0.25) is 0 Å². The van der Waals surface area contributed by atoms with E-state index in [2.05, 4.69) is 31.2 Å². The molecule has 1 aromatic rings. The molecule has 0 unspecified atom stereocenters. The summed E-state index contributed by atoms with van der Waals surface area (Å²) in [5, 5.41) is 19.2. The van der Waals surface area contributed by atoms with E-state index in [1.165, 1.54) is 63.9 Å². The van der Waals surface area contributed by atoms with E-state index in [4.69, 9.17) is 0 Å². The van der Waals surface area contributed by atoms with Crippen molar-refractivity contribution in [3.8, 4) is 11.5 Å². The number of aromatic hydroxyl groups is 2. The highest BCUT2D eigenvalue weighted by Crippen LogP contribution is 2.24. The van der Waals surface area contributed by atoms with Crippen molar-refractivity contribution >= 4 is 0 Å². The molecule has 0 aromatic heterocycles. The fourth-order valence-electron chi connectivity index (χ4n) is 2.91. The number of hydrogen-bond acceptors (Lipinski definition) is 2. The summed E-state index contributed by atoms with van der Waals surface area (Å²) in [6.07, 6.45) is 23.5. The number of phenolic OH excluding ortho intramolecular Hbond substituents is 2. The summed E-state index contributed by atoms with van der Waals surface area (Å²) in [7, 11) is 0. The lowest BCUT2D eigenvalue weighted by molar-refractivity contribution is 0.452. The number of hydrogen-bond donors (Lipinski definition) is 2. The van der Waals surface area contributed by atoms with Crippen LogP contribution in [-0.2, 0) is 6.42 Å². The van der Waals surface area contributed by atoms with Gasteiger partial charge in [0.25, 0.3) is 0 Å². The van der Waals surface area contributed by atoms with E-state index in [0.29, 0.717) is 5.75 Å². The van der Waals surface area contributed by atoms with Gasteiger partial charge < -0.3 is 10.2 Å². The zero-order valence-electron chi connectivity index (χ0n) is 15.9. The van der Waals surface area contributed by atoms with Crippen molar-refractivity contribution < 1.29 is 10.2 Å². The van der Waals surface area contributed by atoms with E-state index in [-0.39, 0.29) is 5.75 Å². The van der Waals surface area contributed by atoms with E-state index in [0.717, 1.165) is 24.8 Å². The van der Waals surface area contributed by atoms with Gasteiger partial charge >= 0.3 is 0 Å². The first kappa shape index (κ1) is 21.3. The number of aryl methyl sites for hydroxylation is 1. The molecule has 1 rings (SSSR count). The summed E-state index contributed by atoms with van der Waals surface area (Å²) in [5.74, 6) is 0.533. The Balaban J connectivity index is 1.90. The van der Waals surface area contributed by atoms with Gasteiger partial charge in [0.15, 0.2) is 0 Å². The minimum atomic E-state index is 0.235. The van der Waals surface area contributed by atoms with Gasteiger partial charge in [0.05, 0.1) is 0 Å². The Labute approximate surface area is 154 Å². The fraction of sp³-hybridized carbons (Fsp3) is 0.565. The monoisotopic (exact) mass is 344 g/mol. The number of benzene rings is 1. The minimum absolute atomic E-state index is 0.235. The zero-order valence-corrected chi connectivity index (χ0v) is 15.9. The summed E-state index contributed by atoms with van der Waals surface area (Å²) in [5.41, 5.74) is 0.858. The van der Waals surface area contributed by atoms with E-state index in [1.54, 1.807) is 12.1 Å². The first-order valence-electron chi connectivity index (χ1n) is 10.0. The fourth-order valence-corrected chi connectivity index (χ4v) is 2.91. The maximum atomic E-state index is 9.73. The third kappa shape index (κ3) is 11.5. The quantitative estimate of drug-likeness (QED) is 0.215. The molecule has 0 bridgehead atoms. The SMILES string of the molecule is CCCC=CCC=CCCCCCCCCCc1cc(O)ccc1O. The highest BCUT2D eigenvalue weighted by atomic mass is 16.3. The molecule has 0 fully saturated rings. The molecular weight excluding hydrogens is 308 g/mol. The Morgan fingerprint density at radius 3 is 2.12 bits per heavy atom. The van der Waals surface area contributed by atoms with Gasteiger partial charge in [-0.2, -0.15) is 0 Å². The molecule has 2 heteroatoms. The van der Waals surface area contributed by atoms with Crippen molar-refractivity contribution in [1.29, 1.82) is 0 Å². The molecule has 0 heterocycles. The predicted molar refractivity (Wildman–Crippen MR) is 108 cm³/mol. The Morgan fingerprint density at radius 2 is 1.40 bits per heavy atom. The van der Waals surface area contributed by atoms with Crippen LogP contribution in [0.15, 0.2) is 42.5 Å². The van der Waals surface area contributed by atoms with Crippen LogP contribution in [0.4, 0.5) is 0 Å². The first-order valence-corrected chi connectivity index (χ1v) is 10.0. The average molecular weight is 345 g/mol. The van der Waals surface area contributed by atoms with Crippen molar-refractivity contribution in [1.82, 2.24) is 0 Å². The third-order valence-corrected chi connectivity index (χ3v) is 4.44. The van der Waals surface area contributed by atoms with Crippen LogP contribution in [0.5, 0.6) is 11.5 Å². The normalized spacial score (nSPS) is 11.7. The third-order valence-electron chi connectivity index (χ3n) is 4.44. The molecule has 2 nitrogen and oxygen atoms in total. The smallest absolute Gasteiger partial charge is 0.119 e. The second-order valence-electron chi connectivity index (χ2n) is 6.79. The number of phenols is 2. The van der Waals surface area contributed by atoms with Crippen LogP contribution in [0.1, 0.15) is 83.1 Å². The first-order chi connectivity index (χ1) is 12.2. The largest absolute Gasteiger partial charge is 0.508 e. The molecule has 0 atom stereocenters. The topological polar surface area (TPSA) is 40.5 Å². The van der Waals surface area contributed by atoms with Crippen molar-refractivity contribution in [2.75, 3.05) is 0 Å². The number of allylic oxidation sites excluding steroid dienone is 4. The van der Waals surface area contributed by atoms with Crippen LogP contribution < -0.4 is 0 Å². The van der Waals surface area contributed by atoms with Gasteiger partial charge in [0.1, 0.15) is 11.5 Å². The van der Waals surface area contributed by atoms with Crippen LogP contribution >= 0.6 is 0 Å². The average Bonchev–Trinajstić information content (AvgIpc) is 2.61. The minimum Gasteiger partial charge on any atom is -0.508 e. The molecule has 0 spiro atoms. The lowest BCUT2D eigenvalue weighted by Crippen LogP contribution is -1.87.